The van der Waals surface area contributed by atoms with Gasteiger partial charge in [0.15, 0.2) is 0 Å². The van der Waals surface area contributed by atoms with Gasteiger partial charge in [-0.25, -0.2) is 0 Å². The molecule has 1 rings (SSSR count). The van der Waals surface area contributed by atoms with Gasteiger partial charge < -0.3 is 10.6 Å². The Morgan fingerprint density at radius 1 is 1.41 bits per heavy atom. The molecule has 1 fully saturated rings. The van der Waals surface area contributed by atoms with E-state index in [1.807, 2.05) is 32.5 Å². The topological polar surface area (TPSA) is 41.1 Å². The summed E-state index contributed by atoms with van der Waals surface area (Å²) in [5, 5.41) is 6.34. The number of hydrogen-bond acceptors (Lipinski definition) is 3. The Balaban J connectivity index is 2.29. The Labute approximate surface area is 109 Å². The van der Waals surface area contributed by atoms with Crippen molar-refractivity contribution in [3.63, 3.8) is 0 Å². The van der Waals surface area contributed by atoms with Gasteiger partial charge in [0.05, 0.1) is 6.54 Å². The molecule has 100 valence electrons. The van der Waals surface area contributed by atoms with Gasteiger partial charge in [-0.1, -0.05) is 13.8 Å². The lowest BCUT2D eigenvalue weighted by Crippen LogP contribution is -2.48. The molecule has 0 aromatic heterocycles. The first kappa shape index (κ1) is 14.8. The molecule has 4 heteroatoms. The van der Waals surface area contributed by atoms with Crippen LogP contribution in [0, 0.1) is 5.41 Å². The predicted molar refractivity (Wildman–Crippen MR) is 75.4 cm³/mol. The average molecular weight is 258 g/mol. The third kappa shape index (κ3) is 6.32. The molecule has 1 aliphatic heterocycles. The van der Waals surface area contributed by atoms with Crippen LogP contribution in [0.4, 0.5) is 0 Å². The highest BCUT2D eigenvalue weighted by Crippen LogP contribution is 2.33. The van der Waals surface area contributed by atoms with E-state index < -0.39 is 0 Å². The summed E-state index contributed by atoms with van der Waals surface area (Å²) < 4.78 is 0. The molecule has 1 amide bonds. The molecule has 1 atom stereocenters. The SMILES string of the molecule is CC1(C)CSCC(NCC(=O)NC(C)(C)C)C1. The van der Waals surface area contributed by atoms with Gasteiger partial charge in [-0.3, -0.25) is 4.79 Å². The van der Waals surface area contributed by atoms with E-state index in [1.165, 1.54) is 5.75 Å². The third-order valence-corrected chi connectivity index (χ3v) is 4.30. The Morgan fingerprint density at radius 3 is 2.59 bits per heavy atom. The summed E-state index contributed by atoms with van der Waals surface area (Å²) in [6, 6.07) is 0.467. The van der Waals surface area contributed by atoms with Crippen LogP contribution < -0.4 is 10.6 Å². The normalized spacial score (nSPS) is 24.4. The molecule has 1 aliphatic rings. The van der Waals surface area contributed by atoms with Gasteiger partial charge in [0.2, 0.25) is 5.91 Å². The molecule has 0 saturated carbocycles. The standard InChI is InChI=1S/C13H26N2OS/c1-12(2,3)15-11(16)7-14-10-6-13(4,5)9-17-8-10/h10,14H,6-9H2,1-5H3,(H,15,16). The van der Waals surface area contributed by atoms with Gasteiger partial charge in [0.25, 0.3) is 0 Å². The van der Waals surface area contributed by atoms with Crippen molar-refractivity contribution in [2.45, 2.75) is 52.6 Å². The smallest absolute Gasteiger partial charge is 0.234 e. The number of thioether (sulfide) groups is 1. The highest BCUT2D eigenvalue weighted by Gasteiger charge is 2.28. The Kier molecular flexibility index (Phi) is 4.90. The lowest BCUT2D eigenvalue weighted by molar-refractivity contribution is -0.121. The molecule has 17 heavy (non-hydrogen) atoms. The van der Waals surface area contributed by atoms with Crippen LogP contribution in [0.1, 0.15) is 41.0 Å². The fourth-order valence-corrected chi connectivity index (χ4v) is 3.40. The summed E-state index contributed by atoms with van der Waals surface area (Å²) in [4.78, 5) is 11.7. The summed E-state index contributed by atoms with van der Waals surface area (Å²) in [6.45, 7) is 11.0. The maximum atomic E-state index is 11.7. The van der Waals surface area contributed by atoms with E-state index >= 15 is 0 Å². The second-order valence-corrected chi connectivity index (χ2v) is 7.79. The number of nitrogens with one attached hydrogen (secondary N) is 2. The summed E-state index contributed by atoms with van der Waals surface area (Å²) in [5.74, 6) is 2.43. The molecular formula is C13H26N2OS. The largest absolute Gasteiger partial charge is 0.350 e. The first-order valence-electron chi connectivity index (χ1n) is 6.30. The monoisotopic (exact) mass is 258 g/mol. The zero-order valence-corrected chi connectivity index (χ0v) is 12.5. The quantitative estimate of drug-likeness (QED) is 0.814. The molecule has 2 N–H and O–H groups in total. The third-order valence-electron chi connectivity index (χ3n) is 2.68. The fraction of sp³-hybridized carbons (Fsp3) is 0.923. The summed E-state index contributed by atoms with van der Waals surface area (Å²) >= 11 is 1.98. The molecular weight excluding hydrogens is 232 g/mol. The van der Waals surface area contributed by atoms with E-state index in [0.29, 0.717) is 18.0 Å². The predicted octanol–water partition coefficient (Wildman–Crippen LogP) is 2.02. The lowest BCUT2D eigenvalue weighted by Gasteiger charge is -2.35. The molecule has 0 aromatic carbocycles. The zero-order chi connectivity index (χ0) is 13.1. The van der Waals surface area contributed by atoms with Gasteiger partial charge in [-0.05, 0) is 38.4 Å². The second-order valence-electron chi connectivity index (χ2n) is 6.76. The number of carbonyl (C=O) groups excluding carboxylic acids is 1. The summed E-state index contributed by atoms with van der Waals surface area (Å²) in [7, 11) is 0. The summed E-state index contributed by atoms with van der Waals surface area (Å²) in [6.07, 6.45) is 1.16. The summed E-state index contributed by atoms with van der Waals surface area (Å²) in [5.41, 5.74) is 0.250. The van der Waals surface area contributed by atoms with Crippen molar-refractivity contribution in [1.82, 2.24) is 10.6 Å². The molecule has 0 spiro atoms. The minimum Gasteiger partial charge on any atom is -0.350 e. The molecule has 3 nitrogen and oxygen atoms in total. The first-order chi connectivity index (χ1) is 7.68. The maximum absolute atomic E-state index is 11.7. The molecule has 0 aliphatic carbocycles. The van der Waals surface area contributed by atoms with Crippen LogP contribution in [0.5, 0.6) is 0 Å². The van der Waals surface area contributed by atoms with Crippen LogP contribution in [-0.4, -0.2) is 35.5 Å². The van der Waals surface area contributed by atoms with Crippen LogP contribution in [0.3, 0.4) is 0 Å². The fourth-order valence-electron chi connectivity index (χ4n) is 2.09. The van der Waals surface area contributed by atoms with Crippen LogP contribution in [0.15, 0.2) is 0 Å². The van der Waals surface area contributed by atoms with Crippen molar-refractivity contribution < 1.29 is 4.79 Å². The first-order valence-corrected chi connectivity index (χ1v) is 7.46. The molecule has 1 heterocycles. The minimum atomic E-state index is -0.140. The van der Waals surface area contributed by atoms with Crippen molar-refractivity contribution >= 4 is 17.7 Å². The Bertz CT molecular complexity index is 271. The van der Waals surface area contributed by atoms with E-state index in [2.05, 4.69) is 24.5 Å². The molecule has 1 saturated heterocycles. The number of rotatable bonds is 3. The minimum absolute atomic E-state index is 0.0888. The molecule has 0 radical (unpaired) electrons. The van der Waals surface area contributed by atoms with Crippen molar-refractivity contribution in [1.29, 1.82) is 0 Å². The van der Waals surface area contributed by atoms with Gasteiger partial charge in [0.1, 0.15) is 0 Å². The average Bonchev–Trinajstić information content (AvgIpc) is 2.10. The van der Waals surface area contributed by atoms with E-state index in [9.17, 15) is 4.79 Å². The second kappa shape index (κ2) is 5.61. The molecule has 0 aromatic rings. The van der Waals surface area contributed by atoms with Crippen molar-refractivity contribution in [3.05, 3.63) is 0 Å². The highest BCUT2D eigenvalue weighted by molar-refractivity contribution is 7.99. The Hall–Kier alpha value is -0.220. The van der Waals surface area contributed by atoms with Crippen LogP contribution in [-0.2, 0) is 4.79 Å². The number of amides is 1. The van der Waals surface area contributed by atoms with Crippen molar-refractivity contribution in [2.75, 3.05) is 18.1 Å². The number of hydrogen-bond donors (Lipinski definition) is 2. The highest BCUT2D eigenvalue weighted by atomic mass is 32.2. The van der Waals surface area contributed by atoms with Crippen LogP contribution >= 0.6 is 11.8 Å². The van der Waals surface area contributed by atoms with E-state index in [1.54, 1.807) is 0 Å². The van der Waals surface area contributed by atoms with Crippen molar-refractivity contribution in [3.8, 4) is 0 Å². The van der Waals surface area contributed by atoms with Gasteiger partial charge in [0, 0.05) is 17.3 Å². The van der Waals surface area contributed by atoms with Gasteiger partial charge in [-0.15, -0.1) is 0 Å². The molecule has 0 bridgehead atoms. The van der Waals surface area contributed by atoms with Crippen LogP contribution in [0.2, 0.25) is 0 Å². The Morgan fingerprint density at radius 2 is 2.06 bits per heavy atom. The maximum Gasteiger partial charge on any atom is 0.234 e. The van der Waals surface area contributed by atoms with Gasteiger partial charge >= 0.3 is 0 Å². The zero-order valence-electron chi connectivity index (χ0n) is 11.7. The molecule has 1 unspecified atom stereocenters. The van der Waals surface area contributed by atoms with E-state index in [0.717, 1.165) is 12.2 Å². The lowest BCUT2D eigenvalue weighted by atomic mass is 9.88. The number of carbonyl (C=O) groups is 1. The van der Waals surface area contributed by atoms with E-state index in [-0.39, 0.29) is 11.4 Å². The van der Waals surface area contributed by atoms with Gasteiger partial charge in [-0.2, -0.15) is 11.8 Å². The van der Waals surface area contributed by atoms with Crippen LogP contribution in [0.25, 0.3) is 0 Å². The van der Waals surface area contributed by atoms with E-state index in [4.69, 9.17) is 0 Å². The van der Waals surface area contributed by atoms with Crippen molar-refractivity contribution in [2.24, 2.45) is 5.41 Å².